The van der Waals surface area contributed by atoms with E-state index in [1.165, 1.54) is 22.3 Å². The summed E-state index contributed by atoms with van der Waals surface area (Å²) in [5.74, 6) is 0. The summed E-state index contributed by atoms with van der Waals surface area (Å²) < 4.78 is 26.9. The van der Waals surface area contributed by atoms with Crippen LogP contribution >= 0.6 is 0 Å². The van der Waals surface area contributed by atoms with Crippen LogP contribution in [0.3, 0.4) is 0 Å². The molecule has 0 unspecified atom stereocenters. The Morgan fingerprint density at radius 2 is 1.65 bits per heavy atom. The standard InChI is InChI=1S/C16H14N2O4S/c19-18(20)11-10-13-12-17(16-9-5-4-8-15(13)16)23(21,22)14-6-2-1-3-7-14/h1-9,12H,10-11H2. The summed E-state index contributed by atoms with van der Waals surface area (Å²) in [5, 5.41) is 11.3. The lowest BCUT2D eigenvalue weighted by Gasteiger charge is -2.07. The number of fused-ring (bicyclic) bond motifs is 1. The van der Waals surface area contributed by atoms with Crippen molar-refractivity contribution < 1.29 is 13.3 Å². The fourth-order valence-corrected chi connectivity index (χ4v) is 3.95. The second kappa shape index (κ2) is 5.85. The Morgan fingerprint density at radius 3 is 2.35 bits per heavy atom. The molecule has 7 heteroatoms. The smallest absolute Gasteiger partial charge is 0.265 e. The molecule has 0 bridgehead atoms. The number of hydrogen-bond acceptors (Lipinski definition) is 4. The molecule has 1 aromatic heterocycles. The van der Waals surface area contributed by atoms with Crippen molar-refractivity contribution in [2.75, 3.05) is 6.54 Å². The predicted molar refractivity (Wildman–Crippen MR) is 86.5 cm³/mol. The van der Waals surface area contributed by atoms with E-state index in [0.29, 0.717) is 16.5 Å². The van der Waals surface area contributed by atoms with Crippen molar-refractivity contribution in [1.82, 2.24) is 3.97 Å². The minimum atomic E-state index is -3.74. The molecule has 118 valence electrons. The molecule has 0 N–H and O–H groups in total. The molecule has 0 aliphatic carbocycles. The van der Waals surface area contributed by atoms with Crippen molar-refractivity contribution in [2.45, 2.75) is 11.3 Å². The van der Waals surface area contributed by atoms with Gasteiger partial charge in [0.05, 0.1) is 10.4 Å². The van der Waals surface area contributed by atoms with Gasteiger partial charge in [-0.05, 0) is 23.8 Å². The zero-order valence-electron chi connectivity index (χ0n) is 12.1. The zero-order valence-corrected chi connectivity index (χ0v) is 12.9. The van der Waals surface area contributed by atoms with E-state index in [-0.39, 0.29) is 17.9 Å². The lowest BCUT2D eigenvalue weighted by atomic mass is 10.1. The van der Waals surface area contributed by atoms with Gasteiger partial charge in [0.2, 0.25) is 6.54 Å². The fraction of sp³-hybridized carbons (Fsp3) is 0.125. The van der Waals surface area contributed by atoms with E-state index >= 15 is 0 Å². The highest BCUT2D eigenvalue weighted by atomic mass is 32.2. The molecule has 1 heterocycles. The van der Waals surface area contributed by atoms with E-state index in [4.69, 9.17) is 0 Å². The molecule has 0 saturated carbocycles. The van der Waals surface area contributed by atoms with Crippen molar-refractivity contribution >= 4 is 20.9 Å². The van der Waals surface area contributed by atoms with Gasteiger partial charge in [-0.25, -0.2) is 12.4 Å². The lowest BCUT2D eigenvalue weighted by molar-refractivity contribution is -0.479. The van der Waals surface area contributed by atoms with E-state index < -0.39 is 14.9 Å². The van der Waals surface area contributed by atoms with Crippen LogP contribution in [0, 0.1) is 10.1 Å². The lowest BCUT2D eigenvalue weighted by Crippen LogP contribution is -2.11. The van der Waals surface area contributed by atoms with Crippen LogP contribution < -0.4 is 0 Å². The van der Waals surface area contributed by atoms with Gasteiger partial charge < -0.3 is 0 Å². The van der Waals surface area contributed by atoms with Crippen molar-refractivity contribution in [3.05, 3.63) is 76.5 Å². The summed E-state index contributed by atoms with van der Waals surface area (Å²) in [6.07, 6.45) is 1.67. The van der Waals surface area contributed by atoms with E-state index in [0.717, 1.165) is 0 Å². The summed E-state index contributed by atoms with van der Waals surface area (Å²) in [5.41, 5.74) is 1.17. The summed E-state index contributed by atoms with van der Waals surface area (Å²) in [7, 11) is -3.74. The number of nitro groups is 1. The van der Waals surface area contributed by atoms with Gasteiger partial charge in [-0.2, -0.15) is 0 Å². The number of hydrogen-bond donors (Lipinski definition) is 0. The first-order chi connectivity index (χ1) is 11.0. The first-order valence-electron chi connectivity index (χ1n) is 7.01. The molecule has 3 aromatic rings. The molecule has 23 heavy (non-hydrogen) atoms. The molecule has 0 radical (unpaired) electrons. The fourth-order valence-electron chi connectivity index (χ4n) is 2.53. The SMILES string of the molecule is O=[N+]([O-])CCc1cn(S(=O)(=O)c2ccccc2)c2ccccc12. The van der Waals surface area contributed by atoms with Gasteiger partial charge in [-0.3, -0.25) is 10.1 Å². The molecule has 0 atom stereocenters. The van der Waals surface area contributed by atoms with Crippen LogP contribution in [0.15, 0.2) is 65.7 Å². The molecule has 0 saturated heterocycles. The van der Waals surface area contributed by atoms with E-state index in [1.54, 1.807) is 42.5 Å². The largest absolute Gasteiger partial charge is 0.268 e. The minimum absolute atomic E-state index is 0.182. The quantitative estimate of drug-likeness (QED) is 0.532. The highest BCUT2D eigenvalue weighted by Gasteiger charge is 2.21. The topological polar surface area (TPSA) is 82.2 Å². The third-order valence-corrected chi connectivity index (χ3v) is 5.31. The maximum atomic E-state index is 12.8. The van der Waals surface area contributed by atoms with E-state index in [1.807, 2.05) is 0 Å². The average molecular weight is 330 g/mol. The monoisotopic (exact) mass is 330 g/mol. The third kappa shape index (κ3) is 2.83. The van der Waals surface area contributed by atoms with Gasteiger partial charge in [-0.15, -0.1) is 0 Å². The first kappa shape index (κ1) is 15.2. The molecule has 2 aromatic carbocycles. The first-order valence-corrected chi connectivity index (χ1v) is 8.45. The normalized spacial score (nSPS) is 11.7. The van der Waals surface area contributed by atoms with Gasteiger partial charge >= 0.3 is 0 Å². The summed E-state index contributed by atoms with van der Waals surface area (Å²) in [4.78, 5) is 10.4. The van der Waals surface area contributed by atoms with Crippen LogP contribution in [-0.2, 0) is 16.4 Å². The molecule has 0 aliphatic rings. The van der Waals surface area contributed by atoms with Crippen LogP contribution in [0.25, 0.3) is 10.9 Å². The van der Waals surface area contributed by atoms with Crippen molar-refractivity contribution in [2.24, 2.45) is 0 Å². The molecule has 3 rings (SSSR count). The summed E-state index contributed by atoms with van der Waals surface area (Å²) in [6.45, 7) is -0.237. The molecule has 0 spiro atoms. The number of nitrogens with zero attached hydrogens (tertiary/aromatic N) is 2. The van der Waals surface area contributed by atoms with Gasteiger partial charge in [0.25, 0.3) is 10.0 Å². The summed E-state index contributed by atoms with van der Waals surface area (Å²) >= 11 is 0. The molecular formula is C16H14N2O4S. The van der Waals surface area contributed by atoms with Crippen molar-refractivity contribution in [3.63, 3.8) is 0 Å². The second-order valence-corrected chi connectivity index (χ2v) is 6.91. The minimum Gasteiger partial charge on any atom is -0.265 e. The number of para-hydroxylation sites is 1. The van der Waals surface area contributed by atoms with Gasteiger partial charge in [-0.1, -0.05) is 36.4 Å². The Labute approximate surface area is 133 Å². The number of rotatable bonds is 5. The molecule has 0 amide bonds. The Bertz CT molecular complexity index is 962. The number of aromatic nitrogens is 1. The molecule has 0 fully saturated rings. The van der Waals surface area contributed by atoms with Gasteiger partial charge in [0.15, 0.2) is 0 Å². The molecule has 0 aliphatic heterocycles. The predicted octanol–water partition coefficient (Wildman–Crippen LogP) is 2.70. The van der Waals surface area contributed by atoms with E-state index in [2.05, 4.69) is 0 Å². The maximum absolute atomic E-state index is 12.8. The van der Waals surface area contributed by atoms with Crippen LogP contribution in [0.5, 0.6) is 0 Å². The number of benzene rings is 2. The average Bonchev–Trinajstić information content (AvgIpc) is 2.93. The second-order valence-electron chi connectivity index (χ2n) is 5.09. The Balaban J connectivity index is 2.17. The summed E-state index contributed by atoms with van der Waals surface area (Å²) in [6, 6.07) is 15.1. The Kier molecular flexibility index (Phi) is 3.87. The highest BCUT2D eigenvalue weighted by molar-refractivity contribution is 7.90. The van der Waals surface area contributed by atoms with Gasteiger partial charge in [0, 0.05) is 22.9 Å². The molecular weight excluding hydrogens is 316 g/mol. The van der Waals surface area contributed by atoms with Crippen LogP contribution in [0.1, 0.15) is 5.56 Å². The van der Waals surface area contributed by atoms with Crippen LogP contribution in [0.2, 0.25) is 0 Å². The Morgan fingerprint density at radius 1 is 1.00 bits per heavy atom. The Hall–Kier alpha value is -2.67. The highest BCUT2D eigenvalue weighted by Crippen LogP contribution is 2.26. The van der Waals surface area contributed by atoms with Gasteiger partial charge in [0.1, 0.15) is 0 Å². The van der Waals surface area contributed by atoms with Crippen molar-refractivity contribution in [1.29, 1.82) is 0 Å². The van der Waals surface area contributed by atoms with Crippen LogP contribution in [0.4, 0.5) is 0 Å². The maximum Gasteiger partial charge on any atom is 0.268 e. The zero-order chi connectivity index (χ0) is 16.4. The van der Waals surface area contributed by atoms with Crippen LogP contribution in [-0.4, -0.2) is 23.9 Å². The molecule has 6 nitrogen and oxygen atoms in total. The van der Waals surface area contributed by atoms with E-state index in [9.17, 15) is 18.5 Å². The van der Waals surface area contributed by atoms with Crippen molar-refractivity contribution in [3.8, 4) is 0 Å². The third-order valence-electron chi connectivity index (χ3n) is 3.62.